The third-order valence-electron chi connectivity index (χ3n) is 6.75. The van der Waals surface area contributed by atoms with Crippen LogP contribution in [0.15, 0.2) is 40.8 Å². The second kappa shape index (κ2) is 8.50. The number of ketones is 1. The van der Waals surface area contributed by atoms with Gasteiger partial charge in [-0.25, -0.2) is 0 Å². The van der Waals surface area contributed by atoms with Crippen LogP contribution >= 0.6 is 0 Å². The van der Waals surface area contributed by atoms with Gasteiger partial charge in [0.05, 0.1) is 24.4 Å². The lowest BCUT2D eigenvalue weighted by Crippen LogP contribution is -2.31. The summed E-state index contributed by atoms with van der Waals surface area (Å²) in [6.07, 6.45) is 3.77. The van der Waals surface area contributed by atoms with Crippen molar-refractivity contribution in [3.05, 3.63) is 70.4 Å². The molecule has 0 radical (unpaired) electrons. The highest BCUT2D eigenvalue weighted by Gasteiger charge is 2.36. The summed E-state index contributed by atoms with van der Waals surface area (Å²) in [4.78, 5) is 32.6. The molecule has 3 heterocycles. The zero-order chi connectivity index (χ0) is 23.1. The van der Waals surface area contributed by atoms with E-state index in [4.69, 9.17) is 14.1 Å². The third kappa shape index (κ3) is 3.84. The van der Waals surface area contributed by atoms with Gasteiger partial charge in [0.15, 0.2) is 11.5 Å². The van der Waals surface area contributed by atoms with E-state index in [2.05, 4.69) is 12.1 Å². The van der Waals surface area contributed by atoms with E-state index >= 15 is 0 Å². The minimum atomic E-state index is -0.147. The molecule has 3 aromatic rings. The highest BCUT2D eigenvalue weighted by Crippen LogP contribution is 2.37. The number of carbonyl (C=O) groups excluding carboxylic acids is 2. The number of furan rings is 1. The molecule has 2 aromatic heterocycles. The fourth-order valence-corrected chi connectivity index (χ4v) is 5.12. The number of nitrogens with zero attached hydrogens (tertiary/aromatic N) is 2. The summed E-state index contributed by atoms with van der Waals surface area (Å²) >= 11 is 0. The van der Waals surface area contributed by atoms with Gasteiger partial charge >= 0.3 is 0 Å². The zero-order valence-electron chi connectivity index (χ0n) is 19.3. The molecule has 2 aliphatic rings. The molecule has 5 rings (SSSR count). The molecule has 1 unspecified atom stereocenters. The minimum absolute atomic E-state index is 0.0824. The van der Waals surface area contributed by atoms with Crippen LogP contribution in [0.1, 0.15) is 75.3 Å². The van der Waals surface area contributed by atoms with E-state index in [0.717, 1.165) is 47.5 Å². The van der Waals surface area contributed by atoms with E-state index in [1.807, 2.05) is 43.0 Å². The smallest absolute Gasteiger partial charge is 0.290 e. The Morgan fingerprint density at radius 2 is 1.88 bits per heavy atom. The Bertz CT molecular complexity index is 1230. The summed E-state index contributed by atoms with van der Waals surface area (Å²) in [6.45, 7) is 4.46. The Balaban J connectivity index is 1.47. The summed E-state index contributed by atoms with van der Waals surface area (Å²) in [5, 5.41) is 0. The molecule has 6 nitrogen and oxygen atoms in total. The molecule has 1 aliphatic carbocycles. The van der Waals surface area contributed by atoms with Crippen molar-refractivity contribution < 1.29 is 18.7 Å². The Hall–Kier alpha value is -3.41. The first-order valence-corrected chi connectivity index (χ1v) is 11.6. The monoisotopic (exact) mass is 444 g/mol. The van der Waals surface area contributed by atoms with Crippen LogP contribution in [-0.4, -0.2) is 35.2 Å². The number of likely N-dealkylation sites (tertiary alicyclic amines) is 1. The third-order valence-corrected chi connectivity index (χ3v) is 6.75. The van der Waals surface area contributed by atoms with Crippen LogP contribution < -0.4 is 4.74 Å². The van der Waals surface area contributed by atoms with Crippen molar-refractivity contribution in [3.8, 4) is 16.9 Å². The SMILES string of the molecule is COc1ccc(-c2cc(C)nc(C3CCCN3C(=O)c3oc4c(c3C)C(=O)CCC4)c2)cc1. The number of hydrogen-bond donors (Lipinski definition) is 0. The Morgan fingerprint density at radius 1 is 1.09 bits per heavy atom. The first-order valence-electron chi connectivity index (χ1n) is 11.6. The fourth-order valence-electron chi connectivity index (χ4n) is 5.12. The highest BCUT2D eigenvalue weighted by molar-refractivity contribution is 6.03. The van der Waals surface area contributed by atoms with E-state index < -0.39 is 0 Å². The van der Waals surface area contributed by atoms with Crippen LogP contribution in [0.4, 0.5) is 0 Å². The van der Waals surface area contributed by atoms with E-state index in [9.17, 15) is 9.59 Å². The van der Waals surface area contributed by atoms with E-state index in [0.29, 0.717) is 42.0 Å². The van der Waals surface area contributed by atoms with Gasteiger partial charge in [-0.1, -0.05) is 12.1 Å². The maximum Gasteiger partial charge on any atom is 0.290 e. The van der Waals surface area contributed by atoms with E-state index in [1.165, 1.54) is 0 Å². The van der Waals surface area contributed by atoms with Gasteiger partial charge in [0.2, 0.25) is 0 Å². The van der Waals surface area contributed by atoms with E-state index in [1.54, 1.807) is 7.11 Å². The molecule has 1 amide bonds. The Labute approximate surface area is 193 Å². The molecule has 1 aliphatic heterocycles. The number of Topliss-reactive ketones (excluding diaryl/α,β-unsaturated/α-hetero) is 1. The molecule has 1 aromatic carbocycles. The molecule has 1 fully saturated rings. The number of rotatable bonds is 4. The Kier molecular flexibility index (Phi) is 5.52. The quantitative estimate of drug-likeness (QED) is 0.534. The fraction of sp³-hybridized carbons (Fsp3) is 0.370. The average Bonchev–Trinajstić information content (AvgIpc) is 3.44. The molecular formula is C27H28N2O4. The molecule has 33 heavy (non-hydrogen) atoms. The van der Waals surface area contributed by atoms with Crippen LogP contribution in [-0.2, 0) is 6.42 Å². The van der Waals surface area contributed by atoms with Crippen LogP contribution in [0, 0.1) is 13.8 Å². The van der Waals surface area contributed by atoms with Crippen molar-refractivity contribution >= 4 is 11.7 Å². The van der Waals surface area contributed by atoms with Crippen LogP contribution in [0.25, 0.3) is 11.1 Å². The number of pyridine rings is 1. The molecule has 1 atom stereocenters. The standard InChI is InChI=1S/C27H28N2O4/c1-16-14-19(18-9-11-20(32-3)12-10-18)15-21(28-16)22-6-5-13-29(22)27(31)26-17(2)25-23(30)7-4-8-24(25)33-26/h9-12,14-15,22H,4-8,13H2,1-3H3. The predicted octanol–water partition coefficient (Wildman–Crippen LogP) is 5.46. The minimum Gasteiger partial charge on any atom is -0.497 e. The lowest BCUT2D eigenvalue weighted by Gasteiger charge is -2.24. The zero-order valence-corrected chi connectivity index (χ0v) is 19.3. The molecule has 1 saturated heterocycles. The molecule has 0 N–H and O–H groups in total. The number of aryl methyl sites for hydroxylation is 2. The van der Waals surface area contributed by atoms with Crippen molar-refractivity contribution in [1.82, 2.24) is 9.88 Å². The topological polar surface area (TPSA) is 72.6 Å². The lowest BCUT2D eigenvalue weighted by atomic mass is 9.94. The summed E-state index contributed by atoms with van der Waals surface area (Å²) in [6, 6.07) is 12.0. The first kappa shape index (κ1) is 21.4. The maximum atomic E-state index is 13.6. The van der Waals surface area contributed by atoms with Crippen molar-refractivity contribution in [3.63, 3.8) is 0 Å². The molecular weight excluding hydrogens is 416 g/mol. The predicted molar refractivity (Wildman–Crippen MR) is 125 cm³/mol. The van der Waals surface area contributed by atoms with Gasteiger partial charge in [-0.15, -0.1) is 0 Å². The van der Waals surface area contributed by atoms with Crippen molar-refractivity contribution in [1.29, 1.82) is 0 Å². The van der Waals surface area contributed by atoms with Crippen molar-refractivity contribution in [2.75, 3.05) is 13.7 Å². The van der Waals surface area contributed by atoms with Gasteiger partial charge in [0.1, 0.15) is 11.5 Å². The number of benzene rings is 1. The molecule has 0 spiro atoms. The van der Waals surface area contributed by atoms with Gasteiger partial charge in [-0.3, -0.25) is 14.6 Å². The van der Waals surface area contributed by atoms with Crippen LogP contribution in [0.3, 0.4) is 0 Å². The lowest BCUT2D eigenvalue weighted by molar-refractivity contribution is 0.0697. The molecule has 170 valence electrons. The highest BCUT2D eigenvalue weighted by atomic mass is 16.5. The molecule has 6 heteroatoms. The van der Waals surface area contributed by atoms with Gasteiger partial charge in [0, 0.05) is 30.6 Å². The summed E-state index contributed by atoms with van der Waals surface area (Å²) in [5.41, 5.74) is 5.24. The van der Waals surface area contributed by atoms with Crippen LogP contribution in [0.2, 0.25) is 0 Å². The van der Waals surface area contributed by atoms with Crippen molar-refractivity contribution in [2.45, 2.75) is 52.0 Å². The molecule has 0 bridgehead atoms. The van der Waals surface area contributed by atoms with Crippen molar-refractivity contribution in [2.24, 2.45) is 0 Å². The normalized spacial score (nSPS) is 17.8. The second-order valence-corrected chi connectivity index (χ2v) is 8.94. The first-order chi connectivity index (χ1) is 16.0. The van der Waals surface area contributed by atoms with E-state index in [-0.39, 0.29) is 17.7 Å². The van der Waals surface area contributed by atoms with Gasteiger partial charge in [0.25, 0.3) is 5.91 Å². The number of carbonyl (C=O) groups is 2. The van der Waals surface area contributed by atoms with Gasteiger partial charge < -0.3 is 14.1 Å². The summed E-state index contributed by atoms with van der Waals surface area (Å²) < 4.78 is 11.2. The Morgan fingerprint density at radius 3 is 2.61 bits per heavy atom. The summed E-state index contributed by atoms with van der Waals surface area (Å²) in [5.74, 6) is 1.72. The molecule has 0 saturated carbocycles. The van der Waals surface area contributed by atoms with Gasteiger partial charge in [-0.05, 0) is 68.5 Å². The van der Waals surface area contributed by atoms with Gasteiger partial charge in [-0.2, -0.15) is 0 Å². The number of hydrogen-bond acceptors (Lipinski definition) is 5. The number of amides is 1. The summed E-state index contributed by atoms with van der Waals surface area (Å²) in [7, 11) is 1.66. The maximum absolute atomic E-state index is 13.6. The second-order valence-electron chi connectivity index (χ2n) is 8.94. The average molecular weight is 445 g/mol. The number of ether oxygens (including phenoxy) is 1. The number of aromatic nitrogens is 1. The number of fused-ring (bicyclic) bond motifs is 1. The largest absolute Gasteiger partial charge is 0.497 e. The number of methoxy groups -OCH3 is 1. The van der Waals surface area contributed by atoms with Crippen LogP contribution in [0.5, 0.6) is 5.75 Å².